The molecule has 0 spiro atoms. The molecule has 0 saturated carbocycles. The number of rotatable bonds is 6. The van der Waals surface area contributed by atoms with Gasteiger partial charge >= 0.3 is 17.9 Å². The van der Waals surface area contributed by atoms with Gasteiger partial charge in [-0.15, -0.1) is 0 Å². The van der Waals surface area contributed by atoms with Crippen LogP contribution in [0.25, 0.3) is 0 Å². The van der Waals surface area contributed by atoms with Crippen molar-refractivity contribution >= 4 is 17.9 Å². The maximum Gasteiger partial charge on any atom is 0.338 e. The van der Waals surface area contributed by atoms with Crippen LogP contribution in [0.2, 0.25) is 0 Å². The van der Waals surface area contributed by atoms with Crippen molar-refractivity contribution in [1.29, 1.82) is 0 Å². The Labute approximate surface area is 95.4 Å². The van der Waals surface area contributed by atoms with E-state index in [1.165, 1.54) is 0 Å². The smallest absolute Gasteiger partial charge is 0.338 e. The number of nitrogens with two attached hydrogens (primary N) is 1. The first-order chi connectivity index (χ1) is 6.45. The molecule has 0 aliphatic carbocycles. The molecule has 0 atom stereocenters. The molecule has 0 aliphatic heterocycles. The molecule has 0 rings (SSSR count). The fraction of sp³-hybridized carbons (Fsp3) is 0.500. The largest absolute Gasteiger partial charge is 0.480 e. The molecule has 87 valence electrons. The molecular formula is C6H10MnN2O6. The van der Waals surface area contributed by atoms with Gasteiger partial charge in [0, 0.05) is 17.1 Å². The van der Waals surface area contributed by atoms with Crippen LogP contribution >= 0.6 is 0 Å². The Bertz CT molecular complexity index is 230. The normalized spacial score (nSPS) is 9.20. The van der Waals surface area contributed by atoms with Crippen molar-refractivity contribution in [2.45, 2.75) is 0 Å². The minimum absolute atomic E-state index is 0. The van der Waals surface area contributed by atoms with Crippen LogP contribution in [0.15, 0.2) is 0 Å². The summed E-state index contributed by atoms with van der Waals surface area (Å²) >= 11 is 0. The van der Waals surface area contributed by atoms with E-state index in [0.717, 1.165) is 4.90 Å². The Balaban J connectivity index is 0. The van der Waals surface area contributed by atoms with Gasteiger partial charge < -0.3 is 15.1 Å². The van der Waals surface area contributed by atoms with Crippen LogP contribution in [-0.2, 0) is 36.3 Å². The molecule has 0 aliphatic rings. The van der Waals surface area contributed by atoms with Crippen molar-refractivity contribution < 1.29 is 46.5 Å². The summed E-state index contributed by atoms with van der Waals surface area (Å²) in [4.78, 5) is 35.7. The minimum Gasteiger partial charge on any atom is -0.480 e. The second kappa shape index (κ2) is 8.18. The van der Waals surface area contributed by atoms with Gasteiger partial charge in [-0.3, -0.25) is 14.5 Å². The van der Waals surface area contributed by atoms with Crippen LogP contribution in [0.3, 0.4) is 0 Å². The summed E-state index contributed by atoms with van der Waals surface area (Å²) in [6.07, 6.45) is 0. The van der Waals surface area contributed by atoms with Gasteiger partial charge in [-0.1, -0.05) is 0 Å². The first-order valence-corrected chi connectivity index (χ1v) is 3.51. The zero-order valence-corrected chi connectivity index (χ0v) is 8.73. The summed E-state index contributed by atoms with van der Waals surface area (Å²) < 4.78 is 0. The van der Waals surface area contributed by atoms with E-state index in [1.807, 2.05) is 0 Å². The molecule has 0 aromatic rings. The summed E-state index contributed by atoms with van der Waals surface area (Å²) in [6, 6.07) is 0. The average molecular weight is 261 g/mol. The van der Waals surface area contributed by atoms with Crippen molar-refractivity contribution in [3.05, 3.63) is 0 Å². The maximum absolute atomic E-state index is 10.6. The Kier molecular flexibility index (Phi) is 8.88. The number of hydrogen-bond acceptors (Lipinski definition) is 6. The molecule has 0 unspecified atom stereocenters. The topological polar surface area (TPSA) is 130 Å². The van der Waals surface area contributed by atoms with E-state index in [4.69, 9.17) is 10.2 Å². The number of carbonyl (C=O) groups excluding carboxylic acids is 1. The number of nitrogens with zero attached hydrogens (tertiary/aromatic N) is 1. The predicted octanol–water partition coefficient (Wildman–Crippen LogP) is -2.13. The third-order valence-electron chi connectivity index (χ3n) is 1.20. The van der Waals surface area contributed by atoms with Crippen molar-refractivity contribution in [1.82, 2.24) is 4.90 Å². The molecule has 8 nitrogen and oxygen atoms in total. The van der Waals surface area contributed by atoms with Gasteiger partial charge in [-0.25, -0.2) is 4.79 Å². The van der Waals surface area contributed by atoms with Crippen molar-refractivity contribution in [2.24, 2.45) is 5.90 Å². The van der Waals surface area contributed by atoms with Gasteiger partial charge in [-0.05, 0) is 0 Å². The van der Waals surface area contributed by atoms with Crippen LogP contribution in [0.4, 0.5) is 0 Å². The Morgan fingerprint density at radius 1 is 1.07 bits per heavy atom. The zero-order chi connectivity index (χ0) is 11.1. The monoisotopic (exact) mass is 261 g/mol. The molecule has 9 heteroatoms. The molecule has 0 bridgehead atoms. The molecule has 0 saturated heterocycles. The molecule has 15 heavy (non-hydrogen) atoms. The second-order valence-corrected chi connectivity index (χ2v) is 2.42. The minimum atomic E-state index is -1.24. The van der Waals surface area contributed by atoms with Crippen LogP contribution in [0.5, 0.6) is 0 Å². The maximum atomic E-state index is 10.6. The van der Waals surface area contributed by atoms with Crippen LogP contribution in [-0.4, -0.2) is 52.7 Å². The molecular weight excluding hydrogens is 251 g/mol. The first-order valence-electron chi connectivity index (χ1n) is 3.51. The van der Waals surface area contributed by atoms with Gasteiger partial charge in [0.05, 0.1) is 19.6 Å². The molecule has 0 heterocycles. The third-order valence-corrected chi connectivity index (χ3v) is 1.20. The molecule has 1 radical (unpaired) electrons. The van der Waals surface area contributed by atoms with E-state index in [2.05, 4.69) is 10.7 Å². The van der Waals surface area contributed by atoms with E-state index in [0.29, 0.717) is 0 Å². The van der Waals surface area contributed by atoms with Crippen LogP contribution in [0, 0.1) is 0 Å². The molecule has 4 N–H and O–H groups in total. The summed E-state index contributed by atoms with van der Waals surface area (Å²) in [5.41, 5.74) is 0. The number of hydrogen-bond donors (Lipinski definition) is 3. The van der Waals surface area contributed by atoms with Crippen molar-refractivity contribution in [3.8, 4) is 0 Å². The fourth-order valence-corrected chi connectivity index (χ4v) is 0.770. The summed E-state index contributed by atoms with van der Waals surface area (Å²) in [7, 11) is 0. The van der Waals surface area contributed by atoms with Crippen LogP contribution < -0.4 is 5.90 Å². The molecule has 0 aromatic carbocycles. The van der Waals surface area contributed by atoms with E-state index in [9.17, 15) is 14.4 Å². The predicted molar refractivity (Wildman–Crippen MR) is 42.0 cm³/mol. The number of carbonyl (C=O) groups is 3. The number of aliphatic carboxylic acids is 2. The molecule has 0 fully saturated rings. The van der Waals surface area contributed by atoms with E-state index in [-0.39, 0.29) is 17.1 Å². The van der Waals surface area contributed by atoms with Gasteiger partial charge in [0.2, 0.25) is 0 Å². The van der Waals surface area contributed by atoms with Gasteiger partial charge in [-0.2, -0.15) is 5.90 Å². The zero-order valence-electron chi connectivity index (χ0n) is 7.55. The fourth-order valence-electron chi connectivity index (χ4n) is 0.770. The number of carboxylic acids is 2. The average Bonchev–Trinajstić information content (AvgIpc) is 2.01. The standard InChI is InChI=1S/C6H10N2O6.Mn/c7-14-6(13)3-8(1-4(9)10)2-5(11)12;/h1-3,7H2,(H,9,10)(H,11,12);. The van der Waals surface area contributed by atoms with Gasteiger partial charge in [0.25, 0.3) is 0 Å². The van der Waals surface area contributed by atoms with Crippen molar-refractivity contribution in [3.63, 3.8) is 0 Å². The van der Waals surface area contributed by atoms with Gasteiger partial charge in [0.1, 0.15) is 0 Å². The van der Waals surface area contributed by atoms with Crippen LogP contribution in [0.1, 0.15) is 0 Å². The Morgan fingerprint density at radius 2 is 1.47 bits per heavy atom. The SMILES string of the molecule is NOC(=O)CN(CC(=O)O)CC(=O)O.[Mn]. The Hall–Kier alpha value is -1.15. The van der Waals surface area contributed by atoms with Gasteiger partial charge in [0.15, 0.2) is 0 Å². The third kappa shape index (κ3) is 9.16. The molecule has 0 aromatic heterocycles. The Morgan fingerprint density at radius 3 is 1.73 bits per heavy atom. The van der Waals surface area contributed by atoms with E-state index < -0.39 is 37.5 Å². The summed E-state index contributed by atoms with van der Waals surface area (Å²) in [5, 5.41) is 16.7. The van der Waals surface area contributed by atoms with Crippen molar-refractivity contribution in [2.75, 3.05) is 19.6 Å². The second-order valence-electron chi connectivity index (χ2n) is 2.42. The quantitative estimate of drug-likeness (QED) is 0.365. The molecule has 0 amide bonds. The van der Waals surface area contributed by atoms with E-state index in [1.54, 1.807) is 0 Å². The van der Waals surface area contributed by atoms with E-state index >= 15 is 0 Å². The number of carboxylic acid groups (broad SMARTS) is 2. The summed E-state index contributed by atoms with van der Waals surface area (Å²) in [5.74, 6) is 1.14. The summed E-state index contributed by atoms with van der Waals surface area (Å²) in [6.45, 7) is -1.61. The first kappa shape index (κ1) is 16.3.